The maximum atomic E-state index is 13.6. The van der Waals surface area contributed by atoms with Crippen LogP contribution in [0.5, 0.6) is 0 Å². The highest BCUT2D eigenvalue weighted by Crippen LogP contribution is 2.15. The predicted molar refractivity (Wildman–Crippen MR) is 283 cm³/mol. The van der Waals surface area contributed by atoms with Crippen molar-refractivity contribution in [3.63, 3.8) is 0 Å². The monoisotopic (exact) mass is 970 g/mol. The number of esters is 3. The molecule has 0 saturated carbocycles. The summed E-state index contributed by atoms with van der Waals surface area (Å²) >= 11 is 0. The highest BCUT2D eigenvalue weighted by atomic mass is 16.5. The highest BCUT2D eigenvalue weighted by molar-refractivity contribution is 5.69. The Bertz CT molecular complexity index is 1480. The summed E-state index contributed by atoms with van der Waals surface area (Å²) in [7, 11) is 0. The number of ether oxygens (including phenoxy) is 3. The molecule has 1 aromatic rings. The Kier molecular flexibility index (Phi) is 42.4. The van der Waals surface area contributed by atoms with E-state index in [1.807, 2.05) is 0 Å². The van der Waals surface area contributed by atoms with Gasteiger partial charge in [0.25, 0.3) is 0 Å². The molecular formula is C57H99N3O9. The Morgan fingerprint density at radius 1 is 0.319 bits per heavy atom. The SMILES string of the molecule is C/C=C/CCCCCCCCCCCCC(=O)OCCn1c(=O)n(CCOC(=O)CCCCCCCCCCCC/C=C/C)c(=O)n(CCOC(=O)CCCCCCCCCCCC/C=C/C)c1=O. The maximum Gasteiger partial charge on any atom is 0.336 e. The van der Waals surface area contributed by atoms with E-state index in [4.69, 9.17) is 14.2 Å². The summed E-state index contributed by atoms with van der Waals surface area (Å²) in [6.07, 6.45) is 51.4. The van der Waals surface area contributed by atoms with Crippen LogP contribution in [-0.2, 0) is 48.2 Å². The molecule has 1 aromatic heterocycles. The number of allylic oxidation sites excluding steroid dienone is 6. The van der Waals surface area contributed by atoms with Crippen molar-refractivity contribution in [2.24, 2.45) is 0 Å². The van der Waals surface area contributed by atoms with Gasteiger partial charge >= 0.3 is 35.0 Å². The van der Waals surface area contributed by atoms with Gasteiger partial charge in [0.2, 0.25) is 0 Å². The van der Waals surface area contributed by atoms with Gasteiger partial charge in [0.1, 0.15) is 19.8 Å². The second kappa shape index (κ2) is 46.4. The van der Waals surface area contributed by atoms with E-state index in [1.54, 1.807) is 0 Å². The average molecular weight is 970 g/mol. The summed E-state index contributed by atoms with van der Waals surface area (Å²) in [6.45, 7) is 4.74. The van der Waals surface area contributed by atoms with Gasteiger partial charge in [-0.25, -0.2) is 28.1 Å². The number of carbonyl (C=O) groups excluding carboxylic acids is 3. The number of hydrogen-bond donors (Lipinski definition) is 0. The van der Waals surface area contributed by atoms with Crippen molar-refractivity contribution in [1.82, 2.24) is 13.7 Å². The van der Waals surface area contributed by atoms with Crippen LogP contribution < -0.4 is 17.1 Å². The molecule has 0 radical (unpaired) electrons. The zero-order valence-electron chi connectivity index (χ0n) is 44.2. The molecule has 0 aromatic carbocycles. The van der Waals surface area contributed by atoms with E-state index in [2.05, 4.69) is 57.2 Å². The molecule has 0 amide bonds. The van der Waals surface area contributed by atoms with E-state index < -0.39 is 35.0 Å². The van der Waals surface area contributed by atoms with Gasteiger partial charge in [0, 0.05) is 19.3 Å². The predicted octanol–water partition coefficient (Wildman–Crippen LogP) is 13.6. The summed E-state index contributed by atoms with van der Waals surface area (Å²) in [4.78, 5) is 78.4. The normalized spacial score (nSPS) is 11.7. The van der Waals surface area contributed by atoms with Crippen molar-refractivity contribution in [2.75, 3.05) is 19.8 Å². The zero-order chi connectivity index (χ0) is 50.3. The van der Waals surface area contributed by atoms with Crippen molar-refractivity contribution in [1.29, 1.82) is 0 Å². The van der Waals surface area contributed by atoms with Crippen LogP contribution in [0.2, 0.25) is 0 Å². The minimum Gasteiger partial charge on any atom is -0.464 e. The fourth-order valence-electron chi connectivity index (χ4n) is 8.56. The van der Waals surface area contributed by atoms with Gasteiger partial charge in [-0.3, -0.25) is 14.4 Å². The van der Waals surface area contributed by atoms with Gasteiger partial charge in [-0.15, -0.1) is 0 Å². The summed E-state index contributed by atoms with van der Waals surface area (Å²) in [6, 6.07) is 0. The van der Waals surface area contributed by atoms with Crippen molar-refractivity contribution in [2.45, 2.75) is 272 Å². The van der Waals surface area contributed by atoms with Crippen LogP contribution in [0.1, 0.15) is 252 Å². The highest BCUT2D eigenvalue weighted by Gasteiger charge is 2.17. The van der Waals surface area contributed by atoms with Gasteiger partial charge in [-0.2, -0.15) is 0 Å². The lowest BCUT2D eigenvalue weighted by Crippen LogP contribution is -2.55. The Morgan fingerprint density at radius 2 is 0.507 bits per heavy atom. The molecule has 0 saturated heterocycles. The van der Waals surface area contributed by atoms with Crippen LogP contribution in [0, 0.1) is 0 Å². The number of unbranched alkanes of at least 4 members (excludes halogenated alkanes) is 30. The Morgan fingerprint density at radius 3 is 0.710 bits per heavy atom. The number of rotatable bonds is 48. The van der Waals surface area contributed by atoms with Gasteiger partial charge < -0.3 is 14.2 Å². The first-order chi connectivity index (χ1) is 33.8. The summed E-state index contributed by atoms with van der Waals surface area (Å²) in [5, 5.41) is 0. The van der Waals surface area contributed by atoms with E-state index in [-0.39, 0.29) is 58.7 Å². The molecule has 1 rings (SSSR count). The van der Waals surface area contributed by atoms with Crippen LogP contribution in [0.3, 0.4) is 0 Å². The minimum atomic E-state index is -0.882. The van der Waals surface area contributed by atoms with E-state index in [1.165, 1.54) is 135 Å². The van der Waals surface area contributed by atoms with Crippen LogP contribution in [0.15, 0.2) is 50.8 Å². The molecule has 0 bridgehead atoms. The fraction of sp³-hybridized carbons (Fsp3) is 0.789. The summed E-state index contributed by atoms with van der Waals surface area (Å²) in [5.41, 5.74) is -2.65. The lowest BCUT2D eigenvalue weighted by atomic mass is 10.1. The van der Waals surface area contributed by atoms with Crippen molar-refractivity contribution in [3.05, 3.63) is 67.9 Å². The topological polar surface area (TPSA) is 145 Å². The van der Waals surface area contributed by atoms with Gasteiger partial charge in [-0.05, 0) is 78.6 Å². The fourth-order valence-corrected chi connectivity index (χ4v) is 8.56. The lowest BCUT2D eigenvalue weighted by molar-refractivity contribution is -0.144. The summed E-state index contributed by atoms with van der Waals surface area (Å²) < 4.78 is 18.8. The lowest BCUT2D eigenvalue weighted by Gasteiger charge is -2.14. The molecule has 69 heavy (non-hydrogen) atoms. The molecule has 0 aliphatic carbocycles. The van der Waals surface area contributed by atoms with E-state index in [0.717, 1.165) is 71.5 Å². The largest absolute Gasteiger partial charge is 0.464 e. The molecule has 0 aliphatic heterocycles. The summed E-state index contributed by atoms with van der Waals surface area (Å²) in [5.74, 6) is -1.22. The quantitative estimate of drug-likeness (QED) is 0.0270. The van der Waals surface area contributed by atoms with E-state index in [9.17, 15) is 28.8 Å². The first-order valence-electron chi connectivity index (χ1n) is 28.0. The van der Waals surface area contributed by atoms with E-state index >= 15 is 0 Å². The molecule has 1 heterocycles. The third-order valence-corrected chi connectivity index (χ3v) is 12.8. The third kappa shape index (κ3) is 35.7. The number of carbonyl (C=O) groups is 3. The molecule has 0 atom stereocenters. The van der Waals surface area contributed by atoms with Crippen molar-refractivity contribution < 1.29 is 28.6 Å². The van der Waals surface area contributed by atoms with Gasteiger partial charge in [0.15, 0.2) is 0 Å². The Hall–Kier alpha value is -3.96. The van der Waals surface area contributed by atoms with Crippen molar-refractivity contribution >= 4 is 17.9 Å². The Labute approximate surface area is 418 Å². The van der Waals surface area contributed by atoms with Gasteiger partial charge in [-0.1, -0.05) is 191 Å². The number of nitrogens with zero attached hydrogens (tertiary/aromatic N) is 3. The number of hydrogen-bond acceptors (Lipinski definition) is 9. The van der Waals surface area contributed by atoms with Gasteiger partial charge in [0.05, 0.1) is 19.6 Å². The molecule has 396 valence electrons. The molecular weight excluding hydrogens is 871 g/mol. The van der Waals surface area contributed by atoms with Crippen LogP contribution in [0.4, 0.5) is 0 Å². The minimum absolute atomic E-state index is 0.223. The average Bonchev–Trinajstić information content (AvgIpc) is 3.34. The zero-order valence-corrected chi connectivity index (χ0v) is 44.2. The molecule has 12 heteroatoms. The van der Waals surface area contributed by atoms with Crippen LogP contribution in [0.25, 0.3) is 0 Å². The molecule has 12 nitrogen and oxygen atoms in total. The second-order valence-electron chi connectivity index (χ2n) is 18.9. The van der Waals surface area contributed by atoms with E-state index in [0.29, 0.717) is 19.3 Å². The first-order valence-corrected chi connectivity index (χ1v) is 28.0. The standard InChI is InChI=1S/C57H99N3O9/c1-4-7-10-13-16-19-22-25-28-31-34-37-40-43-52(61)67-49-46-58-55(64)59(47-50-68-53(62)44-41-38-35-32-29-26-23-20-17-14-11-8-5-2)57(66)60(56(58)65)48-51-69-54(63)45-42-39-36-33-30-27-24-21-18-15-12-9-6-3/h4-9H,10-51H2,1-3H3/b7-4+,8-5+,9-6+. The second-order valence-corrected chi connectivity index (χ2v) is 18.9. The number of aromatic nitrogens is 3. The molecule has 0 fully saturated rings. The smallest absolute Gasteiger partial charge is 0.336 e. The Balaban J connectivity index is 2.62. The maximum absolute atomic E-state index is 13.6. The third-order valence-electron chi connectivity index (χ3n) is 12.8. The molecule has 0 unspecified atom stereocenters. The first kappa shape index (κ1) is 63.1. The molecule has 0 aliphatic rings. The van der Waals surface area contributed by atoms with Crippen molar-refractivity contribution in [3.8, 4) is 0 Å². The van der Waals surface area contributed by atoms with Crippen LogP contribution in [-0.4, -0.2) is 51.4 Å². The van der Waals surface area contributed by atoms with Crippen LogP contribution >= 0.6 is 0 Å². The molecule has 0 spiro atoms. The molecule has 0 N–H and O–H groups in total.